The topological polar surface area (TPSA) is 36.9 Å². The highest BCUT2D eigenvalue weighted by atomic mass is 127. The maximum atomic E-state index is 15.4. The lowest BCUT2D eigenvalue weighted by Gasteiger charge is -2.44. The van der Waals surface area contributed by atoms with Crippen molar-refractivity contribution < 1.29 is 128 Å². The third-order valence-corrected chi connectivity index (χ3v) is 12.6. The van der Waals surface area contributed by atoms with E-state index in [0.717, 1.165) is 11.5 Å². The van der Waals surface area contributed by atoms with Gasteiger partial charge in [-0.25, -0.2) is 87.8 Å². The molecule has 6 rings (SSSR count). The van der Waals surface area contributed by atoms with E-state index in [1.807, 2.05) is 36.4 Å². The lowest BCUT2D eigenvalue weighted by atomic mass is 9.12. The summed E-state index contributed by atoms with van der Waals surface area (Å²) in [7, 11) is 3.35. The van der Waals surface area contributed by atoms with Gasteiger partial charge in [0.2, 0.25) is 7.14 Å². The Morgan fingerprint density at radius 2 is 0.515 bits per heavy atom. The summed E-state index contributed by atoms with van der Waals surface area (Å²) >= 11 is -0.391. The monoisotopic (exact) mass is 1110 g/mol. The molecule has 0 unspecified atom stereocenters. The highest BCUT2D eigenvalue weighted by molar-refractivity contribution is 7.20. The molecule has 0 amide bonds. The van der Waals surface area contributed by atoms with Crippen LogP contribution in [0.3, 0.4) is 0 Å². The van der Waals surface area contributed by atoms with E-state index in [0.29, 0.717) is 26.4 Å². The molecule has 0 radical (unpaired) electrons. The third-order valence-electron chi connectivity index (χ3n) is 9.67. The maximum absolute atomic E-state index is 15.4. The number of methoxy groups -OCH3 is 2. The quantitative estimate of drug-likeness (QED) is 0.0351. The number of ether oxygens (including phenoxy) is 4. The second-order valence-electron chi connectivity index (χ2n) is 13.4. The number of para-hydroxylation sites is 2. The van der Waals surface area contributed by atoms with Crippen molar-refractivity contribution in [1.29, 1.82) is 0 Å². The van der Waals surface area contributed by atoms with Gasteiger partial charge in [-0.05, 0) is 24.3 Å². The molecule has 0 heterocycles. The Morgan fingerprint density at radius 3 is 0.735 bits per heavy atom. The zero-order valence-corrected chi connectivity index (χ0v) is 35.8. The van der Waals surface area contributed by atoms with Gasteiger partial charge >= 0.3 is 21.2 Å². The zero-order valence-electron chi connectivity index (χ0n) is 33.6. The van der Waals surface area contributed by atoms with Crippen LogP contribution in [-0.4, -0.2) is 46.8 Å². The highest BCUT2D eigenvalue weighted by Crippen LogP contribution is 2.31. The maximum Gasteiger partial charge on any atom is 0.366 e. The summed E-state index contributed by atoms with van der Waals surface area (Å²) in [5.41, 5.74) is -14.3. The van der Waals surface area contributed by atoms with Gasteiger partial charge in [0.15, 0.2) is 81.3 Å². The minimum absolute atomic E-state index is 0.391. The molecule has 0 saturated carbocycles. The minimum atomic E-state index is -7.22. The van der Waals surface area contributed by atoms with Crippen LogP contribution >= 0.6 is 0 Å². The van der Waals surface area contributed by atoms with Gasteiger partial charge in [0.25, 0.3) is 0 Å². The van der Waals surface area contributed by atoms with E-state index in [1.165, 1.54) is 7.14 Å². The van der Waals surface area contributed by atoms with Gasteiger partial charge in [-0.3, -0.25) is 0 Å². The molecule has 0 fully saturated rings. The molecule has 364 valence electrons. The van der Waals surface area contributed by atoms with E-state index >= 15 is 35.1 Å². The average Bonchev–Trinajstić information content (AvgIpc) is 3.32. The standard InChI is InChI=1S/C24BF20.C18H22IO4/c26-5-1(6(27)14(35)21(42)13(5)34)25(2-7(28)15(36)22(43)16(37)8(2)29,3-9(30)17(38)23(44)18(39)10(3)31)4-11(32)19(40)24(45)20(41)12(4)33;1-20-11-13-22-17-9-5-3-7-15(17)19-16-8-4-6-10-18(16)23-14-12-21-2/h;3-10H,11-14H2,1-2H3/q-1;+1. The van der Waals surface area contributed by atoms with Gasteiger partial charge in [-0.2, -0.15) is 0 Å². The molecule has 0 aliphatic heterocycles. The van der Waals surface area contributed by atoms with Crippen LogP contribution < -0.4 is 52.5 Å². The Kier molecular flexibility index (Phi) is 17.0. The van der Waals surface area contributed by atoms with E-state index < -0.39 is 166 Å². The fourth-order valence-corrected chi connectivity index (χ4v) is 9.34. The van der Waals surface area contributed by atoms with E-state index in [1.54, 1.807) is 14.2 Å². The van der Waals surface area contributed by atoms with Crippen LogP contribution in [0.1, 0.15) is 0 Å². The average molecular weight is 1110 g/mol. The van der Waals surface area contributed by atoms with E-state index in [-0.39, 0.29) is 0 Å². The third kappa shape index (κ3) is 9.36. The molecule has 0 bridgehead atoms. The molecule has 6 aromatic carbocycles. The molecule has 0 aliphatic rings. The van der Waals surface area contributed by atoms with Crippen molar-refractivity contribution >= 4 is 28.0 Å². The lowest BCUT2D eigenvalue weighted by Crippen LogP contribution is -3.61. The second kappa shape index (κ2) is 21.7. The van der Waals surface area contributed by atoms with Crippen molar-refractivity contribution in [2.45, 2.75) is 0 Å². The fourth-order valence-electron chi connectivity index (χ4n) is 6.73. The first-order valence-electron chi connectivity index (χ1n) is 18.3. The van der Waals surface area contributed by atoms with Gasteiger partial charge in [-0.1, -0.05) is 24.3 Å². The summed E-state index contributed by atoms with van der Waals surface area (Å²) in [6.45, 7) is 2.29. The summed E-state index contributed by atoms with van der Waals surface area (Å²) in [6.07, 6.45) is -7.22. The van der Waals surface area contributed by atoms with E-state index in [4.69, 9.17) is 18.9 Å². The van der Waals surface area contributed by atoms with E-state index in [2.05, 4.69) is 12.1 Å². The summed E-state index contributed by atoms with van der Waals surface area (Å²) in [5.74, 6) is -69.5. The van der Waals surface area contributed by atoms with Crippen LogP contribution in [0.5, 0.6) is 11.5 Å². The Morgan fingerprint density at radius 1 is 0.309 bits per heavy atom. The number of rotatable bonds is 14. The molecular weight excluding hydrogens is 1090 g/mol. The minimum Gasteiger partial charge on any atom is -0.486 e. The van der Waals surface area contributed by atoms with Crippen molar-refractivity contribution in [3.8, 4) is 11.5 Å². The Hall–Kier alpha value is -5.77. The van der Waals surface area contributed by atoms with Crippen molar-refractivity contribution in [2.24, 2.45) is 0 Å². The molecule has 0 atom stereocenters. The van der Waals surface area contributed by atoms with Gasteiger partial charge in [0, 0.05) is 14.2 Å². The van der Waals surface area contributed by atoms with Crippen LogP contribution in [0.25, 0.3) is 0 Å². The van der Waals surface area contributed by atoms with Gasteiger partial charge in [0.1, 0.15) is 65.9 Å². The van der Waals surface area contributed by atoms with Crippen LogP contribution in [0, 0.1) is 123 Å². The summed E-state index contributed by atoms with van der Waals surface area (Å²) in [5, 5.41) is 0. The van der Waals surface area contributed by atoms with Crippen LogP contribution in [0.4, 0.5) is 87.8 Å². The summed E-state index contributed by atoms with van der Waals surface area (Å²) in [4.78, 5) is 0. The smallest absolute Gasteiger partial charge is 0.366 e. The molecule has 0 saturated heterocycles. The molecule has 0 aliphatic carbocycles. The Balaban J connectivity index is 0.000000314. The highest BCUT2D eigenvalue weighted by Gasteiger charge is 2.52. The predicted octanol–water partition coefficient (Wildman–Crippen LogP) is 5.71. The second-order valence-corrected chi connectivity index (χ2v) is 16.3. The van der Waals surface area contributed by atoms with Crippen molar-refractivity contribution in [2.75, 3.05) is 40.6 Å². The van der Waals surface area contributed by atoms with E-state index in [9.17, 15) is 52.7 Å². The number of hydrogen-bond donors (Lipinski definition) is 0. The summed E-state index contributed by atoms with van der Waals surface area (Å²) < 4.78 is 318. The first kappa shape index (κ1) is 53.2. The molecule has 26 heteroatoms. The predicted molar refractivity (Wildman–Crippen MR) is 194 cm³/mol. The fraction of sp³-hybridized carbons (Fsp3) is 0.143. The number of hydrogen-bond acceptors (Lipinski definition) is 4. The Bertz CT molecular complexity index is 2450. The molecule has 0 spiro atoms. The summed E-state index contributed by atoms with van der Waals surface area (Å²) in [6, 6.07) is 16.4. The molecule has 0 aromatic heterocycles. The first-order valence-corrected chi connectivity index (χ1v) is 20.5. The van der Waals surface area contributed by atoms with Gasteiger partial charge < -0.3 is 18.9 Å². The first-order chi connectivity index (χ1) is 32.0. The largest absolute Gasteiger partial charge is 0.486 e. The number of halogens is 21. The van der Waals surface area contributed by atoms with Crippen LogP contribution in [-0.2, 0) is 9.47 Å². The number of benzene rings is 6. The van der Waals surface area contributed by atoms with Gasteiger partial charge in [-0.15, -0.1) is 21.9 Å². The van der Waals surface area contributed by atoms with Crippen molar-refractivity contribution in [3.63, 3.8) is 0 Å². The normalized spacial score (nSPS) is 11.5. The Labute approximate surface area is 379 Å². The van der Waals surface area contributed by atoms with Gasteiger partial charge in [0.05, 0.1) is 13.2 Å². The zero-order chi connectivity index (χ0) is 50.7. The molecule has 0 N–H and O–H groups in total. The molecule has 6 aromatic rings. The van der Waals surface area contributed by atoms with Crippen LogP contribution in [0.2, 0.25) is 0 Å². The van der Waals surface area contributed by atoms with Crippen molar-refractivity contribution in [3.05, 3.63) is 172 Å². The SMILES string of the molecule is COCCOc1ccccc1[I+]c1ccccc1OCCOC.Fc1c(F)c(F)c([B-](c2c(F)c(F)c(F)c(F)c2F)(c2c(F)c(F)c(F)c(F)c2F)c2c(F)c(F)c(F)c(F)c2F)c(F)c1F. The lowest BCUT2D eigenvalue weighted by molar-refractivity contribution is -0.599. The molecular formula is C42H22BF20IO4. The van der Waals surface area contributed by atoms with Crippen LogP contribution in [0.15, 0.2) is 48.5 Å². The molecule has 4 nitrogen and oxygen atoms in total. The molecule has 68 heavy (non-hydrogen) atoms. The van der Waals surface area contributed by atoms with Crippen molar-refractivity contribution in [1.82, 2.24) is 0 Å².